The summed E-state index contributed by atoms with van der Waals surface area (Å²) in [6.45, 7) is 1.60. The Morgan fingerprint density at radius 2 is 1.83 bits per heavy atom. The molecular formula is C18H20FN3O2. The first-order chi connectivity index (χ1) is 11.5. The zero-order valence-electron chi connectivity index (χ0n) is 13.2. The Kier molecular flexibility index (Phi) is 4.66. The molecule has 0 radical (unpaired) electrons. The van der Waals surface area contributed by atoms with Gasteiger partial charge in [0.2, 0.25) is 0 Å². The van der Waals surface area contributed by atoms with Crippen LogP contribution < -0.4 is 16.0 Å². The number of amides is 1. The smallest absolute Gasteiger partial charge is 0.255 e. The number of anilines is 3. The predicted octanol–water partition coefficient (Wildman–Crippen LogP) is 2.62. The van der Waals surface area contributed by atoms with Crippen molar-refractivity contribution in [3.63, 3.8) is 0 Å². The molecule has 1 aliphatic heterocycles. The van der Waals surface area contributed by atoms with Crippen molar-refractivity contribution in [1.29, 1.82) is 0 Å². The average molecular weight is 329 g/mol. The summed E-state index contributed by atoms with van der Waals surface area (Å²) in [6, 6.07) is 11.1. The minimum absolute atomic E-state index is 0.219. The van der Waals surface area contributed by atoms with Gasteiger partial charge in [-0.1, -0.05) is 0 Å². The molecule has 1 aliphatic rings. The molecule has 1 saturated heterocycles. The normalized spacial score (nSPS) is 15.3. The summed E-state index contributed by atoms with van der Waals surface area (Å²) >= 11 is 0. The van der Waals surface area contributed by atoms with Crippen LogP contribution in [0.1, 0.15) is 23.2 Å². The number of halogens is 1. The van der Waals surface area contributed by atoms with E-state index in [9.17, 15) is 14.3 Å². The van der Waals surface area contributed by atoms with Crippen molar-refractivity contribution in [1.82, 2.24) is 0 Å². The number of nitrogen functional groups attached to an aromatic ring is 1. The monoisotopic (exact) mass is 329 g/mol. The van der Waals surface area contributed by atoms with Gasteiger partial charge in [-0.25, -0.2) is 4.39 Å². The van der Waals surface area contributed by atoms with Gasteiger partial charge in [-0.05, 0) is 55.3 Å². The molecule has 2 aromatic rings. The minimum atomic E-state index is -0.456. The number of carbonyl (C=O) groups excluding carboxylic acids is 1. The standard InChI is InChI=1S/C18H20FN3O2/c19-13-3-6-16(20)17(11-13)21-18(24)12-1-4-14(5-2-12)22-9-7-15(23)8-10-22/h1-6,11,15,23H,7-10,20H2,(H,21,24). The average Bonchev–Trinajstić information content (AvgIpc) is 2.59. The van der Waals surface area contributed by atoms with Crippen LogP contribution in [-0.4, -0.2) is 30.2 Å². The van der Waals surface area contributed by atoms with E-state index in [2.05, 4.69) is 10.2 Å². The lowest BCUT2D eigenvalue weighted by atomic mass is 10.1. The molecule has 24 heavy (non-hydrogen) atoms. The lowest BCUT2D eigenvalue weighted by Gasteiger charge is -2.31. The van der Waals surface area contributed by atoms with Crippen molar-refractivity contribution in [3.05, 3.63) is 53.8 Å². The number of nitrogens with zero attached hydrogens (tertiary/aromatic N) is 1. The van der Waals surface area contributed by atoms with Crippen molar-refractivity contribution >= 4 is 23.0 Å². The number of aliphatic hydroxyl groups is 1. The Morgan fingerprint density at radius 1 is 1.17 bits per heavy atom. The molecule has 0 saturated carbocycles. The van der Waals surface area contributed by atoms with Gasteiger partial charge in [0.1, 0.15) is 5.82 Å². The number of nitrogens with one attached hydrogen (secondary N) is 1. The predicted molar refractivity (Wildman–Crippen MR) is 92.7 cm³/mol. The highest BCUT2D eigenvalue weighted by Crippen LogP contribution is 2.22. The molecule has 6 heteroatoms. The van der Waals surface area contributed by atoms with Crippen LogP contribution in [0.4, 0.5) is 21.5 Å². The summed E-state index contributed by atoms with van der Waals surface area (Å²) in [6.07, 6.45) is 1.28. The van der Waals surface area contributed by atoms with E-state index in [1.807, 2.05) is 12.1 Å². The van der Waals surface area contributed by atoms with Gasteiger partial charge in [0, 0.05) is 24.3 Å². The third-order valence-corrected chi connectivity index (χ3v) is 4.22. The van der Waals surface area contributed by atoms with Gasteiger partial charge in [0.25, 0.3) is 5.91 Å². The zero-order valence-corrected chi connectivity index (χ0v) is 13.2. The number of benzene rings is 2. The molecule has 1 amide bonds. The first-order valence-corrected chi connectivity index (χ1v) is 7.92. The molecule has 5 nitrogen and oxygen atoms in total. The second-order valence-electron chi connectivity index (χ2n) is 5.95. The maximum Gasteiger partial charge on any atom is 0.255 e. The van der Waals surface area contributed by atoms with Crippen LogP contribution >= 0.6 is 0 Å². The number of rotatable bonds is 3. The number of aliphatic hydroxyl groups excluding tert-OH is 1. The molecule has 2 aromatic carbocycles. The highest BCUT2D eigenvalue weighted by atomic mass is 19.1. The third kappa shape index (κ3) is 3.65. The van der Waals surface area contributed by atoms with E-state index in [4.69, 9.17) is 5.73 Å². The fourth-order valence-corrected chi connectivity index (χ4v) is 2.78. The number of piperidine rings is 1. The van der Waals surface area contributed by atoms with Crippen LogP contribution in [0.3, 0.4) is 0 Å². The summed E-state index contributed by atoms with van der Waals surface area (Å²) in [7, 11) is 0. The van der Waals surface area contributed by atoms with Gasteiger partial charge in [-0.15, -0.1) is 0 Å². The molecular weight excluding hydrogens is 309 g/mol. The van der Waals surface area contributed by atoms with E-state index in [1.165, 1.54) is 18.2 Å². The van der Waals surface area contributed by atoms with Crippen LogP contribution in [0, 0.1) is 5.82 Å². The maximum atomic E-state index is 13.3. The topological polar surface area (TPSA) is 78.6 Å². The van der Waals surface area contributed by atoms with Gasteiger partial charge >= 0.3 is 0 Å². The Morgan fingerprint density at radius 3 is 2.50 bits per heavy atom. The largest absolute Gasteiger partial charge is 0.397 e. The van der Waals surface area contributed by atoms with Crippen LogP contribution in [0.2, 0.25) is 0 Å². The van der Waals surface area contributed by atoms with Crippen molar-refractivity contribution in [3.8, 4) is 0 Å². The van der Waals surface area contributed by atoms with Crippen molar-refractivity contribution in [2.24, 2.45) is 0 Å². The SMILES string of the molecule is Nc1ccc(F)cc1NC(=O)c1ccc(N2CCC(O)CC2)cc1. The van der Waals surface area contributed by atoms with E-state index >= 15 is 0 Å². The lowest BCUT2D eigenvalue weighted by molar-refractivity contribution is 0.102. The highest BCUT2D eigenvalue weighted by molar-refractivity contribution is 6.05. The fraction of sp³-hybridized carbons (Fsp3) is 0.278. The minimum Gasteiger partial charge on any atom is -0.397 e. The Hall–Kier alpha value is -2.60. The summed E-state index contributed by atoms with van der Waals surface area (Å²) in [4.78, 5) is 14.5. The zero-order chi connectivity index (χ0) is 17.1. The summed E-state index contributed by atoms with van der Waals surface area (Å²) in [5.74, 6) is -0.796. The van der Waals surface area contributed by atoms with E-state index in [1.54, 1.807) is 12.1 Å². The van der Waals surface area contributed by atoms with Crippen molar-refractivity contribution in [2.75, 3.05) is 29.0 Å². The van der Waals surface area contributed by atoms with E-state index in [0.29, 0.717) is 11.3 Å². The van der Waals surface area contributed by atoms with Crippen LogP contribution in [-0.2, 0) is 0 Å². The molecule has 3 rings (SSSR count). The Balaban J connectivity index is 1.68. The maximum absolute atomic E-state index is 13.3. The van der Waals surface area contributed by atoms with Gasteiger partial charge < -0.3 is 21.1 Å². The highest BCUT2D eigenvalue weighted by Gasteiger charge is 2.17. The van der Waals surface area contributed by atoms with Crippen molar-refractivity contribution in [2.45, 2.75) is 18.9 Å². The molecule has 0 aromatic heterocycles. The Bertz CT molecular complexity index is 726. The van der Waals surface area contributed by atoms with E-state index in [-0.39, 0.29) is 17.7 Å². The molecule has 4 N–H and O–H groups in total. The Labute approximate surface area is 139 Å². The first-order valence-electron chi connectivity index (χ1n) is 7.92. The second kappa shape index (κ2) is 6.88. The molecule has 0 bridgehead atoms. The number of hydrogen-bond donors (Lipinski definition) is 3. The van der Waals surface area contributed by atoms with Crippen LogP contribution in [0.15, 0.2) is 42.5 Å². The first kappa shape index (κ1) is 16.3. The van der Waals surface area contributed by atoms with Gasteiger partial charge in [-0.2, -0.15) is 0 Å². The molecule has 126 valence electrons. The van der Waals surface area contributed by atoms with Crippen molar-refractivity contribution < 1.29 is 14.3 Å². The summed E-state index contributed by atoms with van der Waals surface area (Å²) in [5, 5.41) is 12.2. The molecule has 0 aliphatic carbocycles. The van der Waals surface area contributed by atoms with E-state index < -0.39 is 5.82 Å². The number of hydrogen-bond acceptors (Lipinski definition) is 4. The summed E-state index contributed by atoms with van der Waals surface area (Å²) in [5.41, 5.74) is 7.80. The quantitative estimate of drug-likeness (QED) is 0.757. The van der Waals surface area contributed by atoms with Crippen LogP contribution in [0.25, 0.3) is 0 Å². The van der Waals surface area contributed by atoms with Crippen LogP contribution in [0.5, 0.6) is 0 Å². The number of nitrogens with two attached hydrogens (primary N) is 1. The molecule has 1 heterocycles. The molecule has 0 atom stereocenters. The molecule has 1 fully saturated rings. The summed E-state index contributed by atoms with van der Waals surface area (Å²) < 4.78 is 13.3. The van der Waals surface area contributed by atoms with Gasteiger partial charge in [0.05, 0.1) is 17.5 Å². The molecule has 0 spiro atoms. The molecule has 0 unspecified atom stereocenters. The van der Waals surface area contributed by atoms with Gasteiger partial charge in [0.15, 0.2) is 0 Å². The second-order valence-corrected chi connectivity index (χ2v) is 5.95. The lowest BCUT2D eigenvalue weighted by Crippen LogP contribution is -2.35. The van der Waals surface area contributed by atoms with E-state index in [0.717, 1.165) is 31.6 Å². The third-order valence-electron chi connectivity index (χ3n) is 4.22. The number of carbonyl (C=O) groups is 1. The fourth-order valence-electron chi connectivity index (χ4n) is 2.78. The van der Waals surface area contributed by atoms with Gasteiger partial charge in [-0.3, -0.25) is 4.79 Å².